The Balaban J connectivity index is 1.49. The van der Waals surface area contributed by atoms with Crippen molar-refractivity contribution in [1.29, 1.82) is 0 Å². The summed E-state index contributed by atoms with van der Waals surface area (Å²) in [6, 6.07) is 11.8. The van der Waals surface area contributed by atoms with E-state index in [4.69, 9.17) is 4.74 Å². The van der Waals surface area contributed by atoms with E-state index in [0.717, 1.165) is 12.0 Å². The first-order chi connectivity index (χ1) is 15.1. The van der Waals surface area contributed by atoms with Gasteiger partial charge in [0.05, 0.1) is 7.11 Å². The Morgan fingerprint density at radius 1 is 1.00 bits per heavy atom. The second-order valence-electron chi connectivity index (χ2n) is 8.45. The Bertz CT molecular complexity index is 896. The van der Waals surface area contributed by atoms with Crippen LogP contribution in [-0.4, -0.2) is 7.11 Å². The summed E-state index contributed by atoms with van der Waals surface area (Å²) in [5, 5.41) is 0. The van der Waals surface area contributed by atoms with Crippen LogP contribution in [0, 0.1) is 11.6 Å². The molecule has 0 saturated heterocycles. The van der Waals surface area contributed by atoms with Crippen molar-refractivity contribution in [2.24, 2.45) is 0 Å². The molecule has 0 heterocycles. The number of benzene rings is 2. The Hall–Kier alpha value is -2.42. The van der Waals surface area contributed by atoms with Crippen LogP contribution in [0.15, 0.2) is 54.1 Å². The van der Waals surface area contributed by atoms with Crippen molar-refractivity contribution in [1.82, 2.24) is 0 Å². The number of ether oxygens (including phenoxy) is 1. The van der Waals surface area contributed by atoms with Gasteiger partial charge in [-0.25, -0.2) is 4.39 Å². The fourth-order valence-electron chi connectivity index (χ4n) is 4.28. The van der Waals surface area contributed by atoms with Crippen LogP contribution in [0.1, 0.15) is 80.9 Å². The molecule has 3 heteroatoms. The number of methoxy groups -OCH3 is 1. The fraction of sp³-hybridized carbons (Fsp3) is 0.429. The minimum Gasteiger partial charge on any atom is -0.494 e. The maximum atomic E-state index is 14.0. The Labute approximate surface area is 185 Å². The molecular formula is C28H34F2O. The SMILES string of the molecule is CCCCCC1=CCC(c2ccc(C=CCCc3ccc(OC)c(F)c3F)cc2)CC1. The largest absolute Gasteiger partial charge is 0.494 e. The number of hydrogen-bond acceptors (Lipinski definition) is 1. The average molecular weight is 425 g/mol. The number of rotatable bonds is 10. The topological polar surface area (TPSA) is 9.23 Å². The zero-order valence-electron chi connectivity index (χ0n) is 18.8. The highest BCUT2D eigenvalue weighted by molar-refractivity contribution is 5.50. The third-order valence-electron chi connectivity index (χ3n) is 6.25. The van der Waals surface area contributed by atoms with Crippen LogP contribution in [-0.2, 0) is 6.42 Å². The number of halogens is 2. The average Bonchev–Trinajstić information content (AvgIpc) is 2.80. The van der Waals surface area contributed by atoms with Gasteiger partial charge in [-0.15, -0.1) is 0 Å². The van der Waals surface area contributed by atoms with E-state index in [1.165, 1.54) is 57.3 Å². The maximum absolute atomic E-state index is 14.0. The molecule has 2 aromatic rings. The van der Waals surface area contributed by atoms with E-state index in [-0.39, 0.29) is 5.75 Å². The normalized spacial score (nSPS) is 16.5. The number of unbranched alkanes of at least 4 members (excludes halogenated alkanes) is 2. The lowest BCUT2D eigenvalue weighted by Crippen LogP contribution is -2.04. The van der Waals surface area contributed by atoms with Crippen molar-refractivity contribution in [3.63, 3.8) is 0 Å². The highest BCUT2D eigenvalue weighted by Crippen LogP contribution is 2.34. The van der Waals surface area contributed by atoms with Crippen LogP contribution < -0.4 is 4.74 Å². The highest BCUT2D eigenvalue weighted by Gasteiger charge is 2.16. The van der Waals surface area contributed by atoms with Crippen LogP contribution in [0.5, 0.6) is 5.75 Å². The van der Waals surface area contributed by atoms with Crippen LogP contribution in [0.2, 0.25) is 0 Å². The zero-order chi connectivity index (χ0) is 22.1. The molecule has 0 aliphatic heterocycles. The van der Waals surface area contributed by atoms with Gasteiger partial charge < -0.3 is 4.74 Å². The third kappa shape index (κ3) is 6.53. The summed E-state index contributed by atoms with van der Waals surface area (Å²) < 4.78 is 32.6. The molecule has 0 amide bonds. The van der Waals surface area contributed by atoms with E-state index in [1.807, 2.05) is 12.2 Å². The van der Waals surface area contributed by atoms with Crippen molar-refractivity contribution in [3.05, 3.63) is 82.4 Å². The molecule has 1 unspecified atom stereocenters. The summed E-state index contributed by atoms with van der Waals surface area (Å²) in [5.41, 5.74) is 4.57. The van der Waals surface area contributed by atoms with Gasteiger partial charge in [0.15, 0.2) is 11.6 Å². The van der Waals surface area contributed by atoms with E-state index in [0.29, 0.717) is 24.3 Å². The van der Waals surface area contributed by atoms with Gasteiger partial charge in [-0.1, -0.05) is 73.9 Å². The molecule has 3 rings (SSSR count). The van der Waals surface area contributed by atoms with Crippen molar-refractivity contribution >= 4 is 6.08 Å². The van der Waals surface area contributed by atoms with Crippen molar-refractivity contribution in [2.75, 3.05) is 7.11 Å². The molecule has 0 spiro atoms. The lowest BCUT2D eigenvalue weighted by molar-refractivity contribution is 0.370. The molecule has 1 aliphatic carbocycles. The standard InChI is InChI=1S/C28H34F2O/c1-3-4-5-8-21-11-15-23(16-12-21)24-17-13-22(14-18-24)9-6-7-10-25-19-20-26(31-2)28(30)27(25)29/h6,9,11,13-14,17-20,23H,3-5,7-8,10,12,15-16H2,1-2H3. The number of aryl methyl sites for hydroxylation is 1. The summed E-state index contributed by atoms with van der Waals surface area (Å²) >= 11 is 0. The summed E-state index contributed by atoms with van der Waals surface area (Å²) in [5.74, 6) is -1.16. The minimum absolute atomic E-state index is 0.0574. The molecule has 1 atom stereocenters. The van der Waals surface area contributed by atoms with E-state index >= 15 is 0 Å². The van der Waals surface area contributed by atoms with Gasteiger partial charge in [0.2, 0.25) is 5.82 Å². The fourth-order valence-corrected chi connectivity index (χ4v) is 4.28. The lowest BCUT2D eigenvalue weighted by atomic mass is 9.83. The highest BCUT2D eigenvalue weighted by atomic mass is 19.2. The first kappa shape index (κ1) is 23.2. The van der Waals surface area contributed by atoms with Crippen molar-refractivity contribution < 1.29 is 13.5 Å². The summed E-state index contributed by atoms with van der Waals surface area (Å²) in [6.07, 6.45) is 16.5. The molecule has 2 aromatic carbocycles. The van der Waals surface area contributed by atoms with Crippen LogP contribution in [0.4, 0.5) is 8.78 Å². The van der Waals surface area contributed by atoms with E-state index in [9.17, 15) is 8.78 Å². The molecular weight excluding hydrogens is 390 g/mol. The Morgan fingerprint density at radius 3 is 2.48 bits per heavy atom. The molecule has 0 N–H and O–H groups in total. The van der Waals surface area contributed by atoms with Gasteiger partial charge in [-0.2, -0.15) is 4.39 Å². The summed E-state index contributed by atoms with van der Waals surface area (Å²) in [6.45, 7) is 2.26. The Kier molecular flexibility index (Phi) is 8.87. The van der Waals surface area contributed by atoms with E-state index in [2.05, 4.69) is 37.3 Å². The second kappa shape index (κ2) is 11.8. The van der Waals surface area contributed by atoms with Gasteiger partial charge >= 0.3 is 0 Å². The van der Waals surface area contributed by atoms with Gasteiger partial charge in [0.1, 0.15) is 0 Å². The Morgan fingerprint density at radius 2 is 1.81 bits per heavy atom. The first-order valence-electron chi connectivity index (χ1n) is 11.6. The third-order valence-corrected chi connectivity index (χ3v) is 6.25. The summed E-state index contributed by atoms with van der Waals surface area (Å²) in [4.78, 5) is 0. The van der Waals surface area contributed by atoms with E-state index in [1.54, 1.807) is 11.6 Å². The van der Waals surface area contributed by atoms with Crippen LogP contribution in [0.25, 0.3) is 6.08 Å². The van der Waals surface area contributed by atoms with Crippen LogP contribution >= 0.6 is 0 Å². The molecule has 1 nitrogen and oxygen atoms in total. The zero-order valence-corrected chi connectivity index (χ0v) is 18.8. The predicted molar refractivity (Wildman–Crippen MR) is 126 cm³/mol. The van der Waals surface area contributed by atoms with Gasteiger partial charge in [0.25, 0.3) is 0 Å². The summed E-state index contributed by atoms with van der Waals surface area (Å²) in [7, 11) is 1.34. The molecule has 1 aliphatic rings. The number of allylic oxidation sites excluding steroid dienone is 3. The lowest BCUT2D eigenvalue weighted by Gasteiger charge is -2.22. The monoisotopic (exact) mass is 424 g/mol. The second-order valence-corrected chi connectivity index (χ2v) is 8.45. The quantitative estimate of drug-likeness (QED) is 0.275. The van der Waals surface area contributed by atoms with Crippen molar-refractivity contribution in [2.45, 2.75) is 70.6 Å². The molecule has 0 fully saturated rings. The van der Waals surface area contributed by atoms with Gasteiger partial charge in [0, 0.05) is 0 Å². The number of hydrogen-bond donors (Lipinski definition) is 0. The van der Waals surface area contributed by atoms with Crippen LogP contribution in [0.3, 0.4) is 0 Å². The first-order valence-corrected chi connectivity index (χ1v) is 11.6. The van der Waals surface area contributed by atoms with Crippen molar-refractivity contribution in [3.8, 4) is 5.75 Å². The molecule has 0 bridgehead atoms. The molecule has 0 aromatic heterocycles. The maximum Gasteiger partial charge on any atom is 0.200 e. The van der Waals surface area contributed by atoms with E-state index < -0.39 is 11.6 Å². The molecule has 0 radical (unpaired) electrons. The molecule has 0 saturated carbocycles. The smallest absolute Gasteiger partial charge is 0.200 e. The molecule has 31 heavy (non-hydrogen) atoms. The molecule has 166 valence electrons. The predicted octanol–water partition coefficient (Wildman–Crippen LogP) is 8.39. The van der Waals surface area contributed by atoms with Gasteiger partial charge in [-0.05, 0) is 73.6 Å². The van der Waals surface area contributed by atoms with Gasteiger partial charge in [-0.3, -0.25) is 0 Å². The minimum atomic E-state index is -0.912.